The van der Waals surface area contributed by atoms with Crippen LogP contribution in [0.25, 0.3) is 0 Å². The lowest BCUT2D eigenvalue weighted by Crippen LogP contribution is -2.15. The van der Waals surface area contributed by atoms with Gasteiger partial charge in [0.1, 0.15) is 0 Å². The van der Waals surface area contributed by atoms with Gasteiger partial charge in [-0.2, -0.15) is 0 Å². The Kier molecular flexibility index (Phi) is 4.46. The van der Waals surface area contributed by atoms with Crippen LogP contribution in [-0.4, -0.2) is 22.8 Å². The smallest absolute Gasteiger partial charge is 0.281 e. The molecule has 0 saturated carbocycles. The van der Waals surface area contributed by atoms with Crippen molar-refractivity contribution >= 4 is 44.9 Å². The standard InChI is InChI=1S/C11H10BrClN4O3/c1-2-19-9-6(12)3-5(13)4-7(9)15-11(18)8-10(14)17-20-16-8/h3-4H,2H2,1H3,(H2,14,17)(H,15,18). The van der Waals surface area contributed by atoms with E-state index in [1.54, 1.807) is 12.1 Å². The largest absolute Gasteiger partial charge is 0.491 e. The number of nitrogens with zero attached hydrogens (tertiary/aromatic N) is 2. The van der Waals surface area contributed by atoms with Crippen molar-refractivity contribution in [2.45, 2.75) is 6.92 Å². The summed E-state index contributed by atoms with van der Waals surface area (Å²) >= 11 is 9.27. The van der Waals surface area contributed by atoms with Gasteiger partial charge in [-0.15, -0.1) is 0 Å². The van der Waals surface area contributed by atoms with Crippen molar-refractivity contribution in [3.8, 4) is 5.75 Å². The van der Waals surface area contributed by atoms with Crippen LogP contribution in [0.1, 0.15) is 17.4 Å². The highest BCUT2D eigenvalue weighted by atomic mass is 79.9. The summed E-state index contributed by atoms with van der Waals surface area (Å²) in [5.74, 6) is -0.208. The number of anilines is 2. The highest BCUT2D eigenvalue weighted by Gasteiger charge is 2.19. The molecule has 0 radical (unpaired) electrons. The molecule has 106 valence electrons. The average Bonchev–Trinajstić information content (AvgIpc) is 2.80. The molecular weight excluding hydrogens is 352 g/mol. The van der Waals surface area contributed by atoms with E-state index >= 15 is 0 Å². The molecule has 1 aromatic heterocycles. The molecule has 0 aliphatic rings. The number of nitrogens with one attached hydrogen (secondary N) is 1. The number of hydrogen-bond donors (Lipinski definition) is 2. The maximum Gasteiger partial charge on any atom is 0.281 e. The highest BCUT2D eigenvalue weighted by molar-refractivity contribution is 9.10. The zero-order valence-electron chi connectivity index (χ0n) is 10.3. The SMILES string of the molecule is CCOc1c(Br)cc(Cl)cc1NC(=O)c1nonc1N. The molecule has 0 aliphatic carbocycles. The summed E-state index contributed by atoms with van der Waals surface area (Å²) in [6.07, 6.45) is 0. The molecule has 0 aliphatic heterocycles. The topological polar surface area (TPSA) is 103 Å². The summed E-state index contributed by atoms with van der Waals surface area (Å²) in [5, 5.41) is 9.79. The van der Waals surface area contributed by atoms with Crippen LogP contribution in [-0.2, 0) is 0 Å². The van der Waals surface area contributed by atoms with Gasteiger partial charge in [0, 0.05) is 5.02 Å². The first kappa shape index (κ1) is 14.6. The molecule has 7 nitrogen and oxygen atoms in total. The van der Waals surface area contributed by atoms with Crippen molar-refractivity contribution in [3.63, 3.8) is 0 Å². The van der Waals surface area contributed by atoms with Gasteiger partial charge in [-0.05, 0) is 45.3 Å². The number of nitrogen functional groups attached to an aromatic ring is 1. The van der Waals surface area contributed by atoms with Crippen LogP contribution in [0.3, 0.4) is 0 Å². The van der Waals surface area contributed by atoms with Gasteiger partial charge in [0.2, 0.25) is 11.5 Å². The van der Waals surface area contributed by atoms with Crippen LogP contribution in [0, 0.1) is 0 Å². The quantitative estimate of drug-likeness (QED) is 0.868. The number of hydrogen-bond acceptors (Lipinski definition) is 6. The van der Waals surface area contributed by atoms with Gasteiger partial charge < -0.3 is 15.8 Å². The first-order valence-corrected chi connectivity index (χ1v) is 6.71. The fraction of sp³-hybridized carbons (Fsp3) is 0.182. The third-order valence-electron chi connectivity index (χ3n) is 2.27. The summed E-state index contributed by atoms with van der Waals surface area (Å²) in [4.78, 5) is 12.0. The summed E-state index contributed by atoms with van der Waals surface area (Å²) in [6, 6.07) is 3.22. The maximum absolute atomic E-state index is 12.0. The Balaban J connectivity index is 2.33. The van der Waals surface area contributed by atoms with Crippen molar-refractivity contribution in [1.29, 1.82) is 0 Å². The lowest BCUT2D eigenvalue weighted by molar-refractivity contribution is 0.101. The monoisotopic (exact) mass is 360 g/mol. The normalized spacial score (nSPS) is 10.3. The highest BCUT2D eigenvalue weighted by Crippen LogP contribution is 2.36. The van der Waals surface area contributed by atoms with Crippen LogP contribution in [0.4, 0.5) is 11.5 Å². The molecule has 3 N–H and O–H groups in total. The number of carbonyl (C=O) groups excluding carboxylic acids is 1. The van der Waals surface area contributed by atoms with Gasteiger partial charge in [0.15, 0.2) is 5.75 Å². The summed E-state index contributed by atoms with van der Waals surface area (Å²) in [6.45, 7) is 2.25. The number of nitrogens with two attached hydrogens (primary N) is 1. The van der Waals surface area contributed by atoms with Crippen LogP contribution in [0.15, 0.2) is 21.2 Å². The third-order valence-corrected chi connectivity index (χ3v) is 3.08. The van der Waals surface area contributed by atoms with E-state index in [1.165, 1.54) is 0 Å². The molecule has 20 heavy (non-hydrogen) atoms. The van der Waals surface area contributed by atoms with Crippen LogP contribution in [0.2, 0.25) is 5.02 Å². The summed E-state index contributed by atoms with van der Waals surface area (Å²) < 4.78 is 10.5. The van der Waals surface area contributed by atoms with Gasteiger partial charge in [-0.25, -0.2) is 4.63 Å². The Labute approximate surface area is 127 Å². The minimum atomic E-state index is -0.570. The number of amides is 1. The third kappa shape index (κ3) is 3.02. The fourth-order valence-electron chi connectivity index (χ4n) is 1.48. The zero-order chi connectivity index (χ0) is 14.7. The second-order valence-electron chi connectivity index (χ2n) is 3.65. The van der Waals surface area contributed by atoms with E-state index in [0.29, 0.717) is 27.5 Å². The molecule has 9 heteroatoms. The molecule has 0 unspecified atom stereocenters. The van der Waals surface area contributed by atoms with Gasteiger partial charge in [0.05, 0.1) is 16.8 Å². The van der Waals surface area contributed by atoms with Crippen molar-refractivity contribution < 1.29 is 14.2 Å². The molecule has 0 saturated heterocycles. The maximum atomic E-state index is 12.0. The number of ether oxygens (including phenoxy) is 1. The lowest BCUT2D eigenvalue weighted by Gasteiger charge is -2.13. The van der Waals surface area contributed by atoms with Crippen molar-refractivity contribution in [1.82, 2.24) is 10.3 Å². The van der Waals surface area contributed by atoms with E-state index in [-0.39, 0.29) is 11.5 Å². The molecule has 2 rings (SSSR count). The fourth-order valence-corrected chi connectivity index (χ4v) is 2.40. The predicted octanol–water partition coefficient (Wildman–Crippen LogP) is 2.72. The number of halogens is 2. The predicted molar refractivity (Wildman–Crippen MR) is 77.0 cm³/mol. The number of carbonyl (C=O) groups is 1. The Morgan fingerprint density at radius 2 is 2.30 bits per heavy atom. The molecule has 0 fully saturated rings. The molecule has 0 bridgehead atoms. The second-order valence-corrected chi connectivity index (χ2v) is 4.94. The van der Waals surface area contributed by atoms with Crippen LogP contribution in [0.5, 0.6) is 5.75 Å². The van der Waals surface area contributed by atoms with Gasteiger partial charge in [-0.1, -0.05) is 11.6 Å². The molecule has 1 heterocycles. The van der Waals surface area contributed by atoms with E-state index < -0.39 is 5.91 Å². The number of benzene rings is 1. The Hall–Kier alpha value is -1.80. The minimum Gasteiger partial charge on any atom is -0.491 e. The first-order valence-electron chi connectivity index (χ1n) is 5.54. The van der Waals surface area contributed by atoms with E-state index in [1.807, 2.05) is 6.92 Å². The first-order chi connectivity index (χ1) is 9.52. The van der Waals surface area contributed by atoms with Crippen LogP contribution < -0.4 is 15.8 Å². The van der Waals surface area contributed by atoms with E-state index in [4.69, 9.17) is 22.1 Å². The van der Waals surface area contributed by atoms with Crippen LogP contribution >= 0.6 is 27.5 Å². The minimum absolute atomic E-state index is 0.0958. The summed E-state index contributed by atoms with van der Waals surface area (Å²) in [5.41, 5.74) is 5.74. The van der Waals surface area contributed by atoms with E-state index in [0.717, 1.165) is 0 Å². The number of aromatic nitrogens is 2. The Morgan fingerprint density at radius 1 is 1.55 bits per heavy atom. The molecule has 1 aromatic carbocycles. The Morgan fingerprint density at radius 3 is 2.90 bits per heavy atom. The number of rotatable bonds is 4. The van der Waals surface area contributed by atoms with Gasteiger partial charge >= 0.3 is 0 Å². The van der Waals surface area contributed by atoms with Crippen molar-refractivity contribution in [2.75, 3.05) is 17.7 Å². The second kappa shape index (κ2) is 6.10. The summed E-state index contributed by atoms with van der Waals surface area (Å²) in [7, 11) is 0. The lowest BCUT2D eigenvalue weighted by atomic mass is 10.2. The van der Waals surface area contributed by atoms with Crippen molar-refractivity contribution in [3.05, 3.63) is 27.3 Å². The van der Waals surface area contributed by atoms with Gasteiger partial charge in [-0.3, -0.25) is 4.79 Å². The molecule has 1 amide bonds. The molecule has 0 spiro atoms. The molecule has 0 atom stereocenters. The zero-order valence-corrected chi connectivity index (χ0v) is 12.7. The Bertz CT molecular complexity index is 647. The van der Waals surface area contributed by atoms with Gasteiger partial charge in [0.25, 0.3) is 5.91 Å². The van der Waals surface area contributed by atoms with E-state index in [2.05, 4.69) is 36.2 Å². The molecular formula is C11H10BrClN4O3. The van der Waals surface area contributed by atoms with E-state index in [9.17, 15) is 4.79 Å². The average molecular weight is 362 g/mol. The molecule has 2 aromatic rings. The van der Waals surface area contributed by atoms with Crippen molar-refractivity contribution in [2.24, 2.45) is 0 Å².